The molecule has 0 aliphatic carbocycles. The first-order chi connectivity index (χ1) is 11.9. The van der Waals surface area contributed by atoms with E-state index in [1.807, 2.05) is 0 Å². The summed E-state index contributed by atoms with van der Waals surface area (Å²) in [6, 6.07) is 0. The summed E-state index contributed by atoms with van der Waals surface area (Å²) < 4.78 is 10.0. The molecule has 2 amide bonds. The number of methoxy groups -OCH3 is 1. The SMILES string of the molecule is COCCOC(=O)c1c(C)[nH]c(C(=O)N2CCC(C(N)=O)CC2)c1C. The van der Waals surface area contributed by atoms with Crippen molar-refractivity contribution >= 4 is 17.8 Å². The summed E-state index contributed by atoms with van der Waals surface area (Å²) in [4.78, 5) is 40.9. The molecule has 138 valence electrons. The average molecular weight is 351 g/mol. The van der Waals surface area contributed by atoms with Gasteiger partial charge in [-0.2, -0.15) is 0 Å². The molecule has 0 radical (unpaired) electrons. The van der Waals surface area contributed by atoms with Crippen LogP contribution in [0.3, 0.4) is 0 Å². The molecule has 1 aromatic heterocycles. The number of aryl methyl sites for hydroxylation is 1. The first kappa shape index (κ1) is 19.0. The van der Waals surface area contributed by atoms with Crippen molar-refractivity contribution in [1.82, 2.24) is 9.88 Å². The molecule has 2 rings (SSSR count). The summed E-state index contributed by atoms with van der Waals surface area (Å²) in [6.07, 6.45) is 1.12. The van der Waals surface area contributed by atoms with Crippen LogP contribution < -0.4 is 5.73 Å². The first-order valence-corrected chi connectivity index (χ1v) is 8.30. The van der Waals surface area contributed by atoms with Crippen LogP contribution in [0, 0.1) is 19.8 Å². The molecule has 1 saturated heterocycles. The van der Waals surface area contributed by atoms with Gasteiger partial charge in [-0.1, -0.05) is 0 Å². The van der Waals surface area contributed by atoms with Gasteiger partial charge in [-0.05, 0) is 32.3 Å². The van der Waals surface area contributed by atoms with Gasteiger partial charge in [0.05, 0.1) is 12.2 Å². The highest BCUT2D eigenvalue weighted by atomic mass is 16.6. The van der Waals surface area contributed by atoms with E-state index in [2.05, 4.69) is 4.98 Å². The fourth-order valence-electron chi connectivity index (χ4n) is 3.09. The second-order valence-corrected chi connectivity index (χ2v) is 6.22. The zero-order valence-electron chi connectivity index (χ0n) is 14.9. The van der Waals surface area contributed by atoms with Crippen LogP contribution in [0.25, 0.3) is 0 Å². The number of likely N-dealkylation sites (tertiary alicyclic amines) is 1. The Bertz CT molecular complexity index is 659. The van der Waals surface area contributed by atoms with E-state index in [-0.39, 0.29) is 24.3 Å². The number of hydrogen-bond donors (Lipinski definition) is 2. The third-order valence-corrected chi connectivity index (χ3v) is 4.56. The second kappa shape index (κ2) is 8.15. The van der Waals surface area contributed by atoms with Crippen molar-refractivity contribution in [3.63, 3.8) is 0 Å². The minimum atomic E-state index is -0.477. The highest BCUT2D eigenvalue weighted by molar-refractivity contribution is 6.00. The topological polar surface area (TPSA) is 115 Å². The van der Waals surface area contributed by atoms with Crippen molar-refractivity contribution in [3.05, 3.63) is 22.5 Å². The number of carbonyl (C=O) groups is 3. The number of ether oxygens (including phenoxy) is 2. The van der Waals surface area contributed by atoms with Crippen LogP contribution in [0.5, 0.6) is 0 Å². The first-order valence-electron chi connectivity index (χ1n) is 8.30. The number of piperidine rings is 1. The zero-order chi connectivity index (χ0) is 18.6. The van der Waals surface area contributed by atoms with Crippen molar-refractivity contribution < 1.29 is 23.9 Å². The Morgan fingerprint density at radius 1 is 1.20 bits per heavy atom. The third-order valence-electron chi connectivity index (χ3n) is 4.56. The maximum Gasteiger partial charge on any atom is 0.340 e. The number of nitrogens with one attached hydrogen (secondary N) is 1. The molecular weight excluding hydrogens is 326 g/mol. The Kier molecular flexibility index (Phi) is 6.19. The summed E-state index contributed by atoms with van der Waals surface area (Å²) >= 11 is 0. The molecule has 1 aromatic rings. The molecular formula is C17H25N3O5. The number of nitrogens with zero attached hydrogens (tertiary/aromatic N) is 1. The van der Waals surface area contributed by atoms with Gasteiger partial charge in [0.15, 0.2) is 0 Å². The second-order valence-electron chi connectivity index (χ2n) is 6.22. The van der Waals surface area contributed by atoms with E-state index in [1.54, 1.807) is 18.7 Å². The largest absolute Gasteiger partial charge is 0.460 e. The van der Waals surface area contributed by atoms with Crippen molar-refractivity contribution in [2.24, 2.45) is 11.7 Å². The van der Waals surface area contributed by atoms with E-state index < -0.39 is 5.97 Å². The lowest BCUT2D eigenvalue weighted by Gasteiger charge is -2.30. The smallest absolute Gasteiger partial charge is 0.340 e. The number of H-pyrrole nitrogens is 1. The zero-order valence-corrected chi connectivity index (χ0v) is 14.9. The normalized spacial score (nSPS) is 15.2. The van der Waals surface area contributed by atoms with E-state index in [1.165, 1.54) is 7.11 Å². The Morgan fingerprint density at radius 2 is 1.84 bits per heavy atom. The van der Waals surface area contributed by atoms with Crippen LogP contribution in [0.2, 0.25) is 0 Å². The van der Waals surface area contributed by atoms with Crippen LogP contribution in [0.1, 0.15) is 44.9 Å². The van der Waals surface area contributed by atoms with Crippen LogP contribution in [-0.2, 0) is 14.3 Å². The molecule has 0 spiro atoms. The Balaban J connectivity index is 2.10. The quantitative estimate of drug-likeness (QED) is 0.580. The maximum atomic E-state index is 12.8. The Hall–Kier alpha value is -2.35. The summed E-state index contributed by atoms with van der Waals surface area (Å²) in [5, 5.41) is 0. The fraction of sp³-hybridized carbons (Fsp3) is 0.588. The summed E-state index contributed by atoms with van der Waals surface area (Å²) in [5.74, 6) is -1.16. The van der Waals surface area contributed by atoms with E-state index in [0.29, 0.717) is 55.1 Å². The molecule has 0 aromatic carbocycles. The van der Waals surface area contributed by atoms with Gasteiger partial charge >= 0.3 is 5.97 Å². The number of rotatable bonds is 6. The molecule has 1 aliphatic rings. The van der Waals surface area contributed by atoms with Crippen molar-refractivity contribution in [2.75, 3.05) is 33.4 Å². The van der Waals surface area contributed by atoms with Crippen LogP contribution in [-0.4, -0.2) is 61.1 Å². The molecule has 0 unspecified atom stereocenters. The molecule has 3 N–H and O–H groups in total. The van der Waals surface area contributed by atoms with Gasteiger partial charge in [-0.25, -0.2) is 4.79 Å². The number of aromatic amines is 1. The van der Waals surface area contributed by atoms with E-state index >= 15 is 0 Å². The van der Waals surface area contributed by atoms with E-state index in [0.717, 1.165) is 0 Å². The number of hydrogen-bond acceptors (Lipinski definition) is 5. The van der Waals surface area contributed by atoms with Gasteiger partial charge in [0, 0.05) is 31.8 Å². The number of esters is 1. The average Bonchev–Trinajstić information content (AvgIpc) is 2.89. The molecule has 2 heterocycles. The van der Waals surface area contributed by atoms with Gasteiger partial charge in [-0.3, -0.25) is 9.59 Å². The number of aromatic nitrogens is 1. The van der Waals surface area contributed by atoms with E-state index in [9.17, 15) is 14.4 Å². The Morgan fingerprint density at radius 3 is 2.40 bits per heavy atom. The Labute approximate surface area is 146 Å². The number of primary amides is 1. The molecule has 0 saturated carbocycles. The number of carbonyl (C=O) groups excluding carboxylic acids is 3. The standard InChI is InChI=1S/C17H25N3O5/c1-10-13(17(23)25-9-8-24-3)11(2)19-14(10)16(22)20-6-4-12(5-7-20)15(18)21/h12,19H,4-9H2,1-3H3,(H2,18,21). The van der Waals surface area contributed by atoms with Gasteiger partial charge in [0.25, 0.3) is 5.91 Å². The molecule has 1 fully saturated rings. The fourth-order valence-corrected chi connectivity index (χ4v) is 3.09. The third kappa shape index (κ3) is 4.19. The highest BCUT2D eigenvalue weighted by Crippen LogP contribution is 2.23. The molecule has 8 heteroatoms. The lowest BCUT2D eigenvalue weighted by atomic mass is 9.96. The molecule has 8 nitrogen and oxygen atoms in total. The van der Waals surface area contributed by atoms with Crippen LogP contribution >= 0.6 is 0 Å². The molecule has 1 aliphatic heterocycles. The van der Waals surface area contributed by atoms with Crippen molar-refractivity contribution in [3.8, 4) is 0 Å². The lowest BCUT2D eigenvalue weighted by molar-refractivity contribution is -0.123. The van der Waals surface area contributed by atoms with E-state index in [4.69, 9.17) is 15.2 Å². The number of amides is 2. The predicted octanol–water partition coefficient (Wildman–Crippen LogP) is 0.772. The van der Waals surface area contributed by atoms with Crippen LogP contribution in [0.4, 0.5) is 0 Å². The summed E-state index contributed by atoms with van der Waals surface area (Å²) in [7, 11) is 1.53. The lowest BCUT2D eigenvalue weighted by Crippen LogP contribution is -2.42. The highest BCUT2D eigenvalue weighted by Gasteiger charge is 2.30. The van der Waals surface area contributed by atoms with Crippen LogP contribution in [0.15, 0.2) is 0 Å². The van der Waals surface area contributed by atoms with Gasteiger partial charge in [-0.15, -0.1) is 0 Å². The predicted molar refractivity (Wildman–Crippen MR) is 90.2 cm³/mol. The minimum absolute atomic E-state index is 0.156. The van der Waals surface area contributed by atoms with Crippen molar-refractivity contribution in [1.29, 1.82) is 0 Å². The van der Waals surface area contributed by atoms with Crippen molar-refractivity contribution in [2.45, 2.75) is 26.7 Å². The molecule has 25 heavy (non-hydrogen) atoms. The minimum Gasteiger partial charge on any atom is -0.460 e. The summed E-state index contributed by atoms with van der Waals surface area (Å²) in [6.45, 7) is 4.86. The molecule has 0 atom stereocenters. The number of nitrogens with two attached hydrogens (primary N) is 1. The monoisotopic (exact) mass is 351 g/mol. The molecule has 0 bridgehead atoms. The van der Waals surface area contributed by atoms with Gasteiger partial charge in [0.2, 0.25) is 5.91 Å². The van der Waals surface area contributed by atoms with Gasteiger partial charge in [0.1, 0.15) is 12.3 Å². The summed E-state index contributed by atoms with van der Waals surface area (Å²) in [5.41, 5.74) is 7.25. The van der Waals surface area contributed by atoms with Gasteiger partial charge < -0.3 is 25.1 Å². The maximum absolute atomic E-state index is 12.8.